The van der Waals surface area contributed by atoms with Crippen LogP contribution in [0.3, 0.4) is 0 Å². The van der Waals surface area contributed by atoms with Crippen molar-refractivity contribution in [2.75, 3.05) is 12.0 Å². The molecule has 1 atom stereocenters. The van der Waals surface area contributed by atoms with Gasteiger partial charge in [0.25, 0.3) is 0 Å². The van der Waals surface area contributed by atoms with Crippen LogP contribution in [0.15, 0.2) is 83.1 Å². The summed E-state index contributed by atoms with van der Waals surface area (Å²) in [7, 11) is 1.17. The van der Waals surface area contributed by atoms with E-state index < -0.39 is 29.4 Å². The zero-order valence-electron chi connectivity index (χ0n) is 23.1. The van der Waals surface area contributed by atoms with E-state index in [2.05, 4.69) is 16.3 Å². The molecule has 4 aromatic rings. The van der Waals surface area contributed by atoms with E-state index in [4.69, 9.17) is 4.74 Å². The van der Waals surface area contributed by atoms with Gasteiger partial charge in [-0.15, -0.1) is 5.10 Å². The predicted molar refractivity (Wildman–Crippen MR) is 147 cm³/mol. The van der Waals surface area contributed by atoms with E-state index in [9.17, 15) is 33.1 Å². The van der Waals surface area contributed by atoms with Crippen molar-refractivity contribution in [3.05, 3.63) is 117 Å². The Balaban J connectivity index is 1.69. The fourth-order valence-corrected chi connectivity index (χ4v) is 5.30. The molecule has 2 aromatic carbocycles. The minimum atomic E-state index is -4.63. The number of nitrogens with zero attached hydrogens (tertiary/aromatic N) is 5. The van der Waals surface area contributed by atoms with Crippen molar-refractivity contribution in [3.63, 3.8) is 0 Å². The fourth-order valence-electron chi connectivity index (χ4n) is 5.30. The Morgan fingerprint density at radius 3 is 2.70 bits per heavy atom. The number of aliphatic hydroxyl groups is 1. The molecule has 10 nitrogen and oxygen atoms in total. The van der Waals surface area contributed by atoms with E-state index in [1.165, 1.54) is 28.7 Å². The van der Waals surface area contributed by atoms with Crippen molar-refractivity contribution in [2.24, 2.45) is 0 Å². The van der Waals surface area contributed by atoms with Crippen molar-refractivity contribution >= 4 is 17.6 Å². The third-order valence-corrected chi connectivity index (χ3v) is 7.29. The van der Waals surface area contributed by atoms with Crippen molar-refractivity contribution in [1.29, 1.82) is 5.26 Å². The molecule has 43 heavy (non-hydrogen) atoms. The number of hydrogen-bond donors (Lipinski definition) is 2. The van der Waals surface area contributed by atoms with E-state index in [0.29, 0.717) is 35.2 Å². The Labute approximate surface area is 243 Å². The van der Waals surface area contributed by atoms with E-state index in [0.717, 1.165) is 12.1 Å². The number of fused-ring (bicyclic) bond motifs is 1. The van der Waals surface area contributed by atoms with Crippen LogP contribution >= 0.6 is 0 Å². The molecule has 1 aliphatic rings. The second kappa shape index (κ2) is 11.6. The van der Waals surface area contributed by atoms with Crippen LogP contribution in [0, 0.1) is 11.3 Å². The quantitative estimate of drug-likeness (QED) is 0.248. The zero-order chi connectivity index (χ0) is 30.9. The number of carbonyl (C=O) groups is 1. The summed E-state index contributed by atoms with van der Waals surface area (Å²) in [5.74, 6) is -0.821. The summed E-state index contributed by atoms with van der Waals surface area (Å²) in [6.07, 6.45) is -0.657. The maximum atomic E-state index is 13.6. The highest BCUT2D eigenvalue weighted by Crippen LogP contribution is 2.43. The Morgan fingerprint density at radius 1 is 1.21 bits per heavy atom. The van der Waals surface area contributed by atoms with Crippen molar-refractivity contribution in [3.8, 4) is 6.07 Å². The third kappa shape index (κ3) is 5.52. The van der Waals surface area contributed by atoms with Gasteiger partial charge in [0.05, 0.1) is 36.5 Å². The fraction of sp³-hybridized carbons (Fsp3) is 0.233. The van der Waals surface area contributed by atoms with Gasteiger partial charge in [0.2, 0.25) is 5.95 Å². The number of halogens is 3. The number of H-pyrrole nitrogens is 1. The molecular formula is C30H26F3N6O4+. The first-order valence-electron chi connectivity index (χ1n) is 13.1. The van der Waals surface area contributed by atoms with Crippen LogP contribution in [0.4, 0.5) is 24.8 Å². The number of methoxy groups -OCH3 is 1. The Kier molecular flexibility index (Phi) is 7.88. The maximum Gasteiger partial charge on any atom is 0.416 e. The minimum Gasteiger partial charge on any atom is -0.466 e. The molecule has 0 spiro atoms. The third-order valence-electron chi connectivity index (χ3n) is 7.29. The smallest absolute Gasteiger partial charge is 0.416 e. The lowest BCUT2D eigenvalue weighted by molar-refractivity contribution is -0.697. The molecular weight excluding hydrogens is 565 g/mol. The molecule has 220 valence electrons. The summed E-state index contributed by atoms with van der Waals surface area (Å²) in [6, 6.07) is 14.0. The SMILES string of the molecule is COC(=O)C1=C(C)N(c2cccc(C(F)(F)F)c2)c2n[nH]c(=O)n2C1c1ccc(C#N)cc1CC[n+]1cccc(CO)c1. The molecule has 0 saturated heterocycles. The molecule has 0 amide bonds. The van der Waals surface area contributed by atoms with Crippen LogP contribution in [-0.4, -0.2) is 33.0 Å². The molecule has 0 bridgehead atoms. The molecule has 1 aliphatic heterocycles. The zero-order valence-corrected chi connectivity index (χ0v) is 23.1. The van der Waals surface area contributed by atoms with E-state index >= 15 is 0 Å². The molecule has 2 N–H and O–H groups in total. The molecule has 0 aliphatic carbocycles. The minimum absolute atomic E-state index is 0.0109. The average Bonchev–Trinajstić information content (AvgIpc) is 3.39. The van der Waals surface area contributed by atoms with Gasteiger partial charge < -0.3 is 9.84 Å². The van der Waals surface area contributed by atoms with Gasteiger partial charge in [0, 0.05) is 29.4 Å². The first-order chi connectivity index (χ1) is 20.6. The van der Waals surface area contributed by atoms with E-state index in [1.54, 1.807) is 43.5 Å². The summed E-state index contributed by atoms with van der Waals surface area (Å²) < 4.78 is 49.0. The maximum absolute atomic E-state index is 13.6. The Morgan fingerprint density at radius 2 is 2.00 bits per heavy atom. The number of ether oxygens (including phenoxy) is 1. The number of anilines is 2. The Bertz CT molecular complexity index is 1840. The number of nitrogens with one attached hydrogen (secondary N) is 1. The van der Waals surface area contributed by atoms with Crippen LogP contribution in [0.25, 0.3) is 0 Å². The van der Waals surface area contributed by atoms with Crippen LogP contribution in [-0.2, 0) is 35.3 Å². The van der Waals surface area contributed by atoms with Crippen LogP contribution in [0.5, 0.6) is 0 Å². The number of allylic oxidation sites excluding steroid dienone is 1. The first kappa shape index (κ1) is 29.3. The Hall–Kier alpha value is -5.22. The number of benzene rings is 2. The summed E-state index contributed by atoms with van der Waals surface area (Å²) in [5.41, 5.74) is 0.851. The second-order valence-electron chi connectivity index (χ2n) is 9.86. The number of aryl methyl sites for hydroxylation is 2. The number of aromatic amines is 1. The highest BCUT2D eigenvalue weighted by atomic mass is 19.4. The van der Waals surface area contributed by atoms with Gasteiger partial charge in [0.1, 0.15) is 6.04 Å². The topological polar surface area (TPSA) is 128 Å². The molecule has 0 radical (unpaired) electrons. The predicted octanol–water partition coefficient (Wildman–Crippen LogP) is 3.67. The van der Waals surface area contributed by atoms with Gasteiger partial charge in [-0.1, -0.05) is 12.1 Å². The van der Waals surface area contributed by atoms with E-state index in [1.807, 2.05) is 10.8 Å². The average molecular weight is 592 g/mol. The van der Waals surface area contributed by atoms with Crippen LogP contribution < -0.4 is 15.2 Å². The van der Waals surface area contributed by atoms with Gasteiger partial charge in [0.15, 0.2) is 18.9 Å². The number of nitriles is 1. The molecule has 0 saturated carbocycles. The van der Waals surface area contributed by atoms with Gasteiger partial charge in [-0.2, -0.15) is 18.4 Å². The van der Waals surface area contributed by atoms with Gasteiger partial charge in [-0.25, -0.2) is 23.8 Å². The van der Waals surface area contributed by atoms with E-state index in [-0.39, 0.29) is 29.5 Å². The standard InChI is InChI=1S/C30H25F3N6O4/c1-18-25(27(41)43-2)26(24-9-8-19(15-34)13-21(24)10-12-37-11-4-5-20(16-37)17-40)39-28(35-36-29(39)42)38(18)23-7-3-6-22(14-23)30(31,32)33/h3-9,11,13-14,16,26,40H,10,12,17H2,1-2H3/p+1. The number of esters is 1. The number of hydrogen-bond acceptors (Lipinski definition) is 7. The summed E-state index contributed by atoms with van der Waals surface area (Å²) in [6.45, 7) is 1.84. The number of carbonyl (C=O) groups excluding carboxylic acids is 1. The molecule has 5 rings (SSSR count). The molecule has 13 heteroatoms. The van der Waals surface area contributed by atoms with Crippen molar-refractivity contribution < 1.29 is 32.4 Å². The lowest BCUT2D eigenvalue weighted by Gasteiger charge is -2.36. The first-order valence-corrected chi connectivity index (χ1v) is 13.1. The lowest BCUT2D eigenvalue weighted by atomic mass is 9.89. The highest BCUT2D eigenvalue weighted by Gasteiger charge is 2.41. The lowest BCUT2D eigenvalue weighted by Crippen LogP contribution is -2.38. The summed E-state index contributed by atoms with van der Waals surface area (Å²) in [5, 5.41) is 25.6. The largest absolute Gasteiger partial charge is 0.466 e. The monoisotopic (exact) mass is 591 g/mol. The number of alkyl halides is 3. The van der Waals surface area contributed by atoms with Gasteiger partial charge in [-0.3, -0.25) is 4.90 Å². The van der Waals surface area contributed by atoms with Crippen molar-refractivity contribution in [2.45, 2.75) is 38.7 Å². The van der Waals surface area contributed by atoms with Crippen LogP contribution in [0.1, 0.15) is 40.8 Å². The van der Waals surface area contributed by atoms with Crippen LogP contribution in [0.2, 0.25) is 0 Å². The van der Waals surface area contributed by atoms with Crippen molar-refractivity contribution in [1.82, 2.24) is 14.8 Å². The molecule has 1 unspecified atom stereocenters. The molecule has 2 aromatic heterocycles. The summed E-state index contributed by atoms with van der Waals surface area (Å²) >= 11 is 0. The molecule has 0 fully saturated rings. The number of pyridine rings is 1. The second-order valence-corrected chi connectivity index (χ2v) is 9.86. The number of aliphatic hydroxyl groups excluding tert-OH is 1. The highest BCUT2D eigenvalue weighted by molar-refractivity contribution is 5.93. The van der Waals surface area contributed by atoms with Gasteiger partial charge in [-0.05, 0) is 54.4 Å². The summed E-state index contributed by atoms with van der Waals surface area (Å²) in [4.78, 5) is 28.0. The molecule has 3 heterocycles. The van der Waals surface area contributed by atoms with Gasteiger partial charge >= 0.3 is 17.8 Å². The number of aromatic nitrogens is 4. The normalized spacial score (nSPS) is 14.8. The number of rotatable bonds is 7.